The monoisotopic (exact) mass is 229 g/mol. The smallest absolute Gasteiger partial charge is 0.116 e. The van der Waals surface area contributed by atoms with Gasteiger partial charge in [-0.05, 0) is 19.9 Å². The molecule has 0 radical (unpaired) electrons. The third-order valence-electron chi connectivity index (χ3n) is 3.29. The normalized spacial score (nSPS) is 13.3. The molecule has 0 amide bonds. The molecule has 0 unspecified atom stereocenters. The van der Waals surface area contributed by atoms with Gasteiger partial charge in [0.05, 0.1) is 17.6 Å². The first-order valence-corrected chi connectivity index (χ1v) is 5.86. The fourth-order valence-electron chi connectivity index (χ4n) is 2.43. The standard InChI is InChI=1S/C12H15N5/c1-8-9-3-5-17-10(12(9)16-7-15-8)6-14-11(17)2-4-13/h6-7H,2-5,13H2,1H3. The lowest BCUT2D eigenvalue weighted by Gasteiger charge is -2.20. The lowest BCUT2D eigenvalue weighted by molar-refractivity contribution is 0.632. The van der Waals surface area contributed by atoms with Crippen LogP contribution < -0.4 is 5.73 Å². The Hall–Kier alpha value is -1.75. The van der Waals surface area contributed by atoms with E-state index in [1.165, 1.54) is 5.56 Å². The fraction of sp³-hybridized carbons (Fsp3) is 0.417. The molecule has 0 atom stereocenters. The zero-order valence-electron chi connectivity index (χ0n) is 9.85. The van der Waals surface area contributed by atoms with Gasteiger partial charge in [0.1, 0.15) is 12.2 Å². The minimum Gasteiger partial charge on any atom is -0.330 e. The number of hydrogen-bond donors (Lipinski definition) is 1. The molecule has 88 valence electrons. The predicted octanol–water partition coefficient (Wildman–Crippen LogP) is 0.706. The Morgan fingerprint density at radius 1 is 1.35 bits per heavy atom. The number of rotatable bonds is 2. The highest BCUT2D eigenvalue weighted by atomic mass is 15.1. The van der Waals surface area contributed by atoms with Crippen molar-refractivity contribution < 1.29 is 0 Å². The van der Waals surface area contributed by atoms with Crippen LogP contribution in [0.1, 0.15) is 17.1 Å². The summed E-state index contributed by atoms with van der Waals surface area (Å²) in [6.45, 7) is 3.62. The van der Waals surface area contributed by atoms with E-state index < -0.39 is 0 Å². The summed E-state index contributed by atoms with van der Waals surface area (Å²) in [4.78, 5) is 13.1. The minimum atomic E-state index is 0.631. The molecule has 2 N–H and O–H groups in total. The van der Waals surface area contributed by atoms with Crippen molar-refractivity contribution >= 4 is 0 Å². The molecule has 17 heavy (non-hydrogen) atoms. The van der Waals surface area contributed by atoms with E-state index in [2.05, 4.69) is 19.5 Å². The number of fused-ring (bicyclic) bond motifs is 3. The third-order valence-corrected chi connectivity index (χ3v) is 3.29. The maximum absolute atomic E-state index is 5.59. The molecule has 0 fully saturated rings. The average Bonchev–Trinajstić information content (AvgIpc) is 2.74. The van der Waals surface area contributed by atoms with Gasteiger partial charge in [-0.2, -0.15) is 0 Å². The highest BCUT2D eigenvalue weighted by Crippen LogP contribution is 2.29. The van der Waals surface area contributed by atoms with E-state index in [1.54, 1.807) is 6.33 Å². The van der Waals surface area contributed by atoms with Crippen molar-refractivity contribution in [3.63, 3.8) is 0 Å². The summed E-state index contributed by atoms with van der Waals surface area (Å²) in [5.74, 6) is 1.06. The lowest BCUT2D eigenvalue weighted by Crippen LogP contribution is -2.17. The first-order chi connectivity index (χ1) is 8.31. The van der Waals surface area contributed by atoms with Gasteiger partial charge in [-0.3, -0.25) is 0 Å². The van der Waals surface area contributed by atoms with E-state index in [9.17, 15) is 0 Å². The molecule has 3 rings (SSSR count). The van der Waals surface area contributed by atoms with Gasteiger partial charge in [0, 0.05) is 24.2 Å². The molecule has 2 aromatic rings. The van der Waals surface area contributed by atoms with Crippen LogP contribution in [-0.2, 0) is 19.4 Å². The van der Waals surface area contributed by atoms with Crippen molar-refractivity contribution in [2.75, 3.05) is 6.54 Å². The Morgan fingerprint density at radius 3 is 3.06 bits per heavy atom. The molecule has 1 aliphatic heterocycles. The molecule has 0 aromatic carbocycles. The van der Waals surface area contributed by atoms with Gasteiger partial charge in [0.15, 0.2) is 0 Å². The Labute approximate surface area is 99.7 Å². The van der Waals surface area contributed by atoms with E-state index in [0.717, 1.165) is 42.3 Å². The summed E-state index contributed by atoms with van der Waals surface area (Å²) in [6.07, 6.45) is 5.32. The number of aryl methyl sites for hydroxylation is 1. The summed E-state index contributed by atoms with van der Waals surface area (Å²) in [7, 11) is 0. The maximum Gasteiger partial charge on any atom is 0.116 e. The van der Waals surface area contributed by atoms with E-state index in [1.807, 2.05) is 13.1 Å². The molecule has 0 saturated heterocycles. The molecule has 0 aliphatic carbocycles. The molecule has 2 aromatic heterocycles. The Kier molecular flexibility index (Phi) is 2.40. The third kappa shape index (κ3) is 1.54. The summed E-state index contributed by atoms with van der Waals surface area (Å²) < 4.78 is 2.22. The molecule has 5 nitrogen and oxygen atoms in total. The van der Waals surface area contributed by atoms with E-state index in [0.29, 0.717) is 6.54 Å². The second-order valence-electron chi connectivity index (χ2n) is 4.29. The lowest BCUT2D eigenvalue weighted by atomic mass is 10.0. The summed E-state index contributed by atoms with van der Waals surface area (Å²) in [6, 6.07) is 0. The number of aromatic nitrogens is 4. The second kappa shape index (κ2) is 3.92. The average molecular weight is 229 g/mol. The molecule has 0 spiro atoms. The van der Waals surface area contributed by atoms with Gasteiger partial charge >= 0.3 is 0 Å². The van der Waals surface area contributed by atoms with Crippen molar-refractivity contribution in [2.24, 2.45) is 5.73 Å². The first kappa shape index (κ1) is 10.4. The highest BCUT2D eigenvalue weighted by Gasteiger charge is 2.21. The number of imidazole rings is 1. The van der Waals surface area contributed by atoms with E-state index in [4.69, 9.17) is 5.73 Å². The van der Waals surface area contributed by atoms with E-state index in [-0.39, 0.29) is 0 Å². The summed E-state index contributed by atoms with van der Waals surface area (Å²) >= 11 is 0. The van der Waals surface area contributed by atoms with Gasteiger partial charge in [-0.15, -0.1) is 0 Å². The van der Waals surface area contributed by atoms with Crippen LogP contribution in [0.4, 0.5) is 0 Å². The number of hydrogen-bond acceptors (Lipinski definition) is 4. The molecule has 0 saturated carbocycles. The van der Waals surface area contributed by atoms with Crippen LogP contribution in [-0.4, -0.2) is 26.1 Å². The van der Waals surface area contributed by atoms with Gasteiger partial charge in [0.25, 0.3) is 0 Å². The molecular formula is C12H15N5. The van der Waals surface area contributed by atoms with E-state index >= 15 is 0 Å². The Bertz CT molecular complexity index is 558. The number of nitrogens with zero attached hydrogens (tertiary/aromatic N) is 4. The fourth-order valence-corrected chi connectivity index (χ4v) is 2.43. The van der Waals surface area contributed by atoms with Crippen LogP contribution in [0.2, 0.25) is 0 Å². The zero-order valence-corrected chi connectivity index (χ0v) is 9.85. The maximum atomic E-state index is 5.59. The van der Waals surface area contributed by atoms with Crippen molar-refractivity contribution in [2.45, 2.75) is 26.3 Å². The van der Waals surface area contributed by atoms with Crippen molar-refractivity contribution in [3.8, 4) is 11.4 Å². The van der Waals surface area contributed by atoms with Crippen molar-refractivity contribution in [3.05, 3.63) is 29.6 Å². The second-order valence-corrected chi connectivity index (χ2v) is 4.29. The first-order valence-electron chi connectivity index (χ1n) is 5.86. The van der Waals surface area contributed by atoms with Crippen LogP contribution in [0, 0.1) is 6.92 Å². The molecule has 0 bridgehead atoms. The van der Waals surface area contributed by atoms with Crippen molar-refractivity contribution in [1.29, 1.82) is 0 Å². The Morgan fingerprint density at radius 2 is 2.24 bits per heavy atom. The quantitative estimate of drug-likeness (QED) is 0.823. The van der Waals surface area contributed by atoms with Crippen LogP contribution in [0.15, 0.2) is 12.5 Å². The van der Waals surface area contributed by atoms with Gasteiger partial charge in [-0.1, -0.05) is 0 Å². The van der Waals surface area contributed by atoms with Crippen LogP contribution in [0.3, 0.4) is 0 Å². The van der Waals surface area contributed by atoms with Gasteiger partial charge < -0.3 is 10.3 Å². The van der Waals surface area contributed by atoms with Crippen LogP contribution in [0.5, 0.6) is 0 Å². The largest absolute Gasteiger partial charge is 0.330 e. The predicted molar refractivity (Wildman–Crippen MR) is 64.5 cm³/mol. The summed E-state index contributed by atoms with van der Waals surface area (Å²) in [5.41, 5.74) is 10.0. The van der Waals surface area contributed by atoms with Crippen LogP contribution in [0.25, 0.3) is 11.4 Å². The zero-order chi connectivity index (χ0) is 11.8. The van der Waals surface area contributed by atoms with Crippen LogP contribution >= 0.6 is 0 Å². The highest BCUT2D eigenvalue weighted by molar-refractivity contribution is 5.61. The van der Waals surface area contributed by atoms with Gasteiger partial charge in [0.2, 0.25) is 0 Å². The molecular weight excluding hydrogens is 214 g/mol. The SMILES string of the molecule is Cc1ncnc2c1CCn1c-2cnc1CCN. The number of nitrogens with two attached hydrogens (primary N) is 1. The van der Waals surface area contributed by atoms with Crippen molar-refractivity contribution in [1.82, 2.24) is 19.5 Å². The van der Waals surface area contributed by atoms with Gasteiger partial charge in [-0.25, -0.2) is 15.0 Å². The molecule has 5 heteroatoms. The summed E-state index contributed by atoms with van der Waals surface area (Å²) in [5, 5.41) is 0. The topological polar surface area (TPSA) is 69.6 Å². The Balaban J connectivity index is 2.14. The minimum absolute atomic E-state index is 0.631. The molecule has 1 aliphatic rings. The molecule has 3 heterocycles.